The van der Waals surface area contributed by atoms with Crippen molar-refractivity contribution in [1.29, 1.82) is 0 Å². The van der Waals surface area contributed by atoms with Crippen molar-refractivity contribution in [2.24, 2.45) is 28.6 Å². The van der Waals surface area contributed by atoms with Gasteiger partial charge in [-0.15, -0.1) is 0 Å². The van der Waals surface area contributed by atoms with E-state index >= 15 is 0 Å². The minimum absolute atomic E-state index is 0.152. The molecule has 0 radical (unpaired) electrons. The molecule has 0 aromatic heterocycles. The summed E-state index contributed by atoms with van der Waals surface area (Å²) in [5.41, 5.74) is 0.996. The second-order valence-electron chi connectivity index (χ2n) is 13.2. The number of ketones is 2. The first kappa shape index (κ1) is 26.8. The second-order valence-corrected chi connectivity index (χ2v) is 16.6. The summed E-state index contributed by atoms with van der Waals surface area (Å²) in [6, 6.07) is 32.5. The van der Waals surface area contributed by atoms with Gasteiger partial charge in [-0.3, -0.25) is 9.59 Å². The number of Topliss-reactive ketones (excluding diaryl/α,β-unsaturated/α-hetero) is 2. The number of benzene rings is 3. The summed E-state index contributed by atoms with van der Waals surface area (Å²) in [4.78, 5) is 25.9. The van der Waals surface area contributed by atoms with Crippen LogP contribution in [-0.4, -0.2) is 26.5 Å². The Labute approximate surface area is 245 Å². The zero-order valence-electron chi connectivity index (χ0n) is 24.1. The molecule has 3 saturated carbocycles. The van der Waals surface area contributed by atoms with Gasteiger partial charge in [0.15, 0.2) is 0 Å². The molecule has 3 aromatic carbocycles. The fraction of sp³-hybridized carbons (Fsp3) is 0.405. The number of carbonyl (C=O) groups excluding carboxylic acids is 2. The summed E-state index contributed by atoms with van der Waals surface area (Å²) in [6.07, 6.45) is 9.23. The van der Waals surface area contributed by atoms with Gasteiger partial charge in [-0.1, -0.05) is 110 Å². The normalized spacial score (nSPS) is 31.1. The molecule has 4 heteroatoms. The van der Waals surface area contributed by atoms with E-state index in [9.17, 15) is 9.59 Å². The van der Waals surface area contributed by atoms with E-state index in [1.807, 2.05) is 0 Å². The van der Waals surface area contributed by atoms with Crippen LogP contribution in [0, 0.1) is 28.6 Å². The van der Waals surface area contributed by atoms with Crippen LogP contribution in [0.3, 0.4) is 0 Å². The molecule has 0 bridgehead atoms. The predicted molar refractivity (Wildman–Crippen MR) is 166 cm³/mol. The van der Waals surface area contributed by atoms with Gasteiger partial charge >= 0.3 is 0 Å². The fourth-order valence-electron chi connectivity index (χ4n) is 9.33. The highest BCUT2D eigenvalue weighted by atomic mass is 28.4. The van der Waals surface area contributed by atoms with E-state index in [1.54, 1.807) is 0 Å². The van der Waals surface area contributed by atoms with Gasteiger partial charge in [-0.05, 0) is 65.4 Å². The van der Waals surface area contributed by atoms with Crippen molar-refractivity contribution in [3.8, 4) is 0 Å². The molecule has 0 amide bonds. The van der Waals surface area contributed by atoms with Crippen LogP contribution in [0.25, 0.3) is 0 Å². The van der Waals surface area contributed by atoms with Crippen LogP contribution < -0.4 is 15.6 Å². The lowest BCUT2D eigenvalue weighted by Gasteiger charge is -2.57. The van der Waals surface area contributed by atoms with Gasteiger partial charge in [-0.2, -0.15) is 0 Å². The predicted octanol–water partition coefficient (Wildman–Crippen LogP) is 5.75. The topological polar surface area (TPSA) is 43.4 Å². The number of fused-ring (bicyclic) bond motifs is 5. The molecule has 3 fully saturated rings. The van der Waals surface area contributed by atoms with Gasteiger partial charge in [0.25, 0.3) is 8.32 Å². The number of rotatable bonds is 6. The Morgan fingerprint density at radius 2 is 1.34 bits per heavy atom. The third-order valence-corrected chi connectivity index (χ3v) is 15.5. The molecule has 0 spiro atoms. The van der Waals surface area contributed by atoms with E-state index in [4.69, 9.17) is 4.43 Å². The molecule has 210 valence electrons. The average Bonchev–Trinajstić information content (AvgIpc) is 3.33. The largest absolute Gasteiger partial charge is 0.403 e. The Hall–Kier alpha value is -3.08. The molecule has 5 atom stereocenters. The summed E-state index contributed by atoms with van der Waals surface area (Å²) in [5, 5.41) is 3.74. The van der Waals surface area contributed by atoms with Gasteiger partial charge in [0.1, 0.15) is 11.6 Å². The van der Waals surface area contributed by atoms with Crippen LogP contribution in [0.2, 0.25) is 0 Å². The van der Waals surface area contributed by atoms with Crippen molar-refractivity contribution in [2.75, 3.05) is 6.61 Å². The maximum atomic E-state index is 13.1. The Balaban J connectivity index is 1.35. The van der Waals surface area contributed by atoms with E-state index in [0.717, 1.165) is 38.5 Å². The molecule has 4 aliphatic rings. The van der Waals surface area contributed by atoms with Crippen LogP contribution in [0.1, 0.15) is 58.3 Å². The molecule has 0 saturated heterocycles. The third kappa shape index (κ3) is 4.17. The molecular weight excluding hydrogens is 520 g/mol. The first-order chi connectivity index (χ1) is 20.0. The summed E-state index contributed by atoms with van der Waals surface area (Å²) < 4.78 is 7.65. The molecule has 0 aliphatic heterocycles. The van der Waals surface area contributed by atoms with E-state index in [0.29, 0.717) is 48.8 Å². The lowest BCUT2D eigenvalue weighted by atomic mass is 9.48. The Morgan fingerprint density at radius 3 is 1.93 bits per heavy atom. The minimum atomic E-state index is -2.88. The summed E-state index contributed by atoms with van der Waals surface area (Å²) >= 11 is 0. The molecule has 0 N–H and O–H groups in total. The lowest BCUT2D eigenvalue weighted by Crippen LogP contribution is -2.70. The summed E-state index contributed by atoms with van der Waals surface area (Å²) in [7, 11) is -2.88. The SMILES string of the molecule is C[C@]12CC[C@H]3[C@@H](CC=C4CC(=O)CC[C@@]43CO[Si](c3ccccc3)(c3ccccc3)c3ccccc3)[C@@H]1CCC2=O. The van der Waals surface area contributed by atoms with Gasteiger partial charge < -0.3 is 4.43 Å². The molecular formula is C37H40O3Si. The molecule has 0 heterocycles. The van der Waals surface area contributed by atoms with Crippen molar-refractivity contribution in [1.82, 2.24) is 0 Å². The van der Waals surface area contributed by atoms with E-state index in [2.05, 4.69) is 104 Å². The Kier molecular flexibility index (Phi) is 6.75. The fourth-order valence-corrected chi connectivity index (χ4v) is 13.3. The second kappa shape index (κ2) is 10.3. The van der Waals surface area contributed by atoms with E-state index in [1.165, 1.54) is 21.1 Å². The maximum Gasteiger partial charge on any atom is 0.288 e. The molecule has 41 heavy (non-hydrogen) atoms. The monoisotopic (exact) mass is 560 g/mol. The zero-order chi connectivity index (χ0) is 28.1. The molecule has 4 aliphatic carbocycles. The Bertz CT molecular complexity index is 1370. The van der Waals surface area contributed by atoms with Crippen molar-refractivity contribution >= 4 is 35.4 Å². The smallest absolute Gasteiger partial charge is 0.288 e. The maximum absolute atomic E-state index is 13.1. The van der Waals surface area contributed by atoms with Crippen LogP contribution >= 0.6 is 0 Å². The number of allylic oxidation sites excluding steroid dienone is 1. The first-order valence-electron chi connectivity index (χ1n) is 15.5. The van der Waals surface area contributed by atoms with Gasteiger partial charge in [0.2, 0.25) is 0 Å². The highest BCUT2D eigenvalue weighted by molar-refractivity contribution is 7.07. The van der Waals surface area contributed by atoms with Crippen LogP contribution in [0.5, 0.6) is 0 Å². The average molecular weight is 561 g/mol. The number of hydrogen-bond acceptors (Lipinski definition) is 3. The lowest BCUT2D eigenvalue weighted by molar-refractivity contribution is -0.133. The Morgan fingerprint density at radius 1 is 0.756 bits per heavy atom. The quantitative estimate of drug-likeness (QED) is 0.219. The molecule has 3 aromatic rings. The van der Waals surface area contributed by atoms with E-state index in [-0.39, 0.29) is 10.8 Å². The molecule has 0 unspecified atom stereocenters. The zero-order valence-corrected chi connectivity index (χ0v) is 25.1. The first-order valence-corrected chi connectivity index (χ1v) is 17.4. The van der Waals surface area contributed by atoms with Crippen LogP contribution in [0.4, 0.5) is 0 Å². The third-order valence-electron chi connectivity index (χ3n) is 11.5. The van der Waals surface area contributed by atoms with Crippen molar-refractivity contribution < 1.29 is 14.0 Å². The van der Waals surface area contributed by atoms with Crippen molar-refractivity contribution in [3.63, 3.8) is 0 Å². The van der Waals surface area contributed by atoms with Gasteiger partial charge in [-0.25, -0.2) is 0 Å². The number of hydrogen-bond donors (Lipinski definition) is 0. The standard InChI is InChI=1S/C37H40O3Si/c1-36-23-22-34-32(33(36)19-20-35(36)39)18-17-27-25-28(38)21-24-37(27,34)26-40-41(29-11-5-2-6-12-29,30-13-7-3-8-14-30)31-15-9-4-10-16-31/h2-17,32-34H,18-26H2,1H3/t32-,33-,34-,36-,37+/m0/s1. The highest BCUT2D eigenvalue weighted by Crippen LogP contribution is 2.64. The summed E-state index contributed by atoms with van der Waals surface area (Å²) in [5.74, 6) is 2.22. The summed E-state index contributed by atoms with van der Waals surface area (Å²) in [6.45, 7) is 2.86. The molecule has 7 rings (SSSR count). The minimum Gasteiger partial charge on any atom is -0.403 e. The van der Waals surface area contributed by atoms with Crippen LogP contribution in [0.15, 0.2) is 103 Å². The van der Waals surface area contributed by atoms with Crippen molar-refractivity contribution in [2.45, 2.75) is 58.3 Å². The van der Waals surface area contributed by atoms with Gasteiger partial charge in [0, 0.05) is 36.7 Å². The van der Waals surface area contributed by atoms with E-state index < -0.39 is 8.32 Å². The number of carbonyl (C=O) groups is 2. The molecule has 3 nitrogen and oxygen atoms in total. The van der Waals surface area contributed by atoms with Crippen LogP contribution in [-0.2, 0) is 14.0 Å². The highest BCUT2D eigenvalue weighted by Gasteiger charge is 2.60. The van der Waals surface area contributed by atoms with Gasteiger partial charge in [0.05, 0.1) is 0 Å². The van der Waals surface area contributed by atoms with Crippen molar-refractivity contribution in [3.05, 3.63) is 103 Å².